The lowest BCUT2D eigenvalue weighted by molar-refractivity contribution is 0.0696. The van der Waals surface area contributed by atoms with Gasteiger partial charge in [-0.15, -0.1) is 0 Å². The monoisotopic (exact) mass is 452 g/mol. The highest BCUT2D eigenvalue weighted by molar-refractivity contribution is 9.10. The molecule has 9 heteroatoms. The lowest BCUT2D eigenvalue weighted by atomic mass is 10.2. The molecule has 0 heterocycles. The molecule has 0 spiro atoms. The topological polar surface area (TPSA) is 96.9 Å². The van der Waals surface area contributed by atoms with Gasteiger partial charge in [0.05, 0.1) is 29.4 Å². The molecule has 2 aromatic rings. The van der Waals surface area contributed by atoms with Crippen LogP contribution in [-0.4, -0.2) is 35.8 Å². The zero-order valence-corrected chi connectivity index (χ0v) is 16.9. The van der Waals surface area contributed by atoms with Crippen LogP contribution in [-0.2, 0) is 0 Å². The van der Waals surface area contributed by atoms with E-state index in [2.05, 4.69) is 26.6 Å². The van der Waals surface area contributed by atoms with E-state index in [1.807, 2.05) is 6.92 Å². The number of thiocarbonyl (C=S) groups is 1. The molecule has 7 nitrogen and oxygen atoms in total. The highest BCUT2D eigenvalue weighted by Gasteiger charge is 2.14. The molecule has 2 aromatic carbocycles. The second-order valence-corrected chi connectivity index (χ2v) is 6.47. The van der Waals surface area contributed by atoms with Gasteiger partial charge in [-0.3, -0.25) is 10.1 Å². The molecule has 3 N–H and O–H groups in total. The van der Waals surface area contributed by atoms with Crippen LogP contribution in [0.4, 0.5) is 5.69 Å². The first-order valence-corrected chi connectivity index (χ1v) is 9.01. The van der Waals surface area contributed by atoms with Crippen molar-refractivity contribution in [2.75, 3.05) is 19.0 Å². The summed E-state index contributed by atoms with van der Waals surface area (Å²) in [5, 5.41) is 14.4. The van der Waals surface area contributed by atoms with Crippen molar-refractivity contribution in [2.24, 2.45) is 0 Å². The summed E-state index contributed by atoms with van der Waals surface area (Å²) in [6.45, 7) is 2.38. The fraction of sp³-hybridized carbons (Fsp3) is 0.167. The number of rotatable bonds is 6. The molecule has 0 saturated carbocycles. The van der Waals surface area contributed by atoms with E-state index in [-0.39, 0.29) is 10.7 Å². The number of aromatic carboxylic acids is 1. The van der Waals surface area contributed by atoms with Crippen LogP contribution in [0.3, 0.4) is 0 Å². The average molecular weight is 453 g/mol. The lowest BCUT2D eigenvalue weighted by Crippen LogP contribution is -2.34. The summed E-state index contributed by atoms with van der Waals surface area (Å²) in [5.74, 6) is -0.495. The van der Waals surface area contributed by atoms with Crippen LogP contribution >= 0.6 is 28.1 Å². The Bertz CT molecular complexity index is 888. The van der Waals surface area contributed by atoms with Crippen LogP contribution in [0, 0.1) is 0 Å². The maximum Gasteiger partial charge on any atom is 0.335 e. The number of hydrogen-bond donors (Lipinski definition) is 3. The fourth-order valence-electron chi connectivity index (χ4n) is 2.18. The molecule has 0 fully saturated rings. The molecular weight excluding hydrogens is 436 g/mol. The molecular formula is C18H17BrN2O5S. The van der Waals surface area contributed by atoms with Crippen molar-refractivity contribution >= 4 is 50.8 Å². The Morgan fingerprint density at radius 3 is 2.41 bits per heavy atom. The van der Waals surface area contributed by atoms with Gasteiger partial charge in [-0.2, -0.15) is 0 Å². The van der Waals surface area contributed by atoms with E-state index >= 15 is 0 Å². The van der Waals surface area contributed by atoms with Gasteiger partial charge < -0.3 is 19.9 Å². The van der Waals surface area contributed by atoms with Gasteiger partial charge in [-0.25, -0.2) is 4.79 Å². The van der Waals surface area contributed by atoms with Crippen molar-refractivity contribution in [2.45, 2.75) is 6.92 Å². The van der Waals surface area contributed by atoms with Gasteiger partial charge >= 0.3 is 5.97 Å². The first kappa shape index (κ1) is 20.7. The molecule has 0 aliphatic rings. The number of halogens is 1. The van der Waals surface area contributed by atoms with E-state index in [0.29, 0.717) is 33.8 Å². The molecule has 0 aromatic heterocycles. The molecule has 2 rings (SSSR count). The van der Waals surface area contributed by atoms with Gasteiger partial charge in [0.1, 0.15) is 11.5 Å². The molecule has 0 aliphatic carbocycles. The summed E-state index contributed by atoms with van der Waals surface area (Å²) in [6, 6.07) is 9.19. The van der Waals surface area contributed by atoms with Crippen LogP contribution in [0.1, 0.15) is 27.6 Å². The van der Waals surface area contributed by atoms with Crippen LogP contribution < -0.4 is 20.1 Å². The number of methoxy groups -OCH3 is 1. The highest BCUT2D eigenvalue weighted by atomic mass is 79.9. The fourth-order valence-corrected chi connectivity index (χ4v) is 2.88. The molecule has 0 atom stereocenters. The Labute approximate surface area is 169 Å². The van der Waals surface area contributed by atoms with E-state index in [0.717, 1.165) is 0 Å². The third-order valence-corrected chi connectivity index (χ3v) is 4.24. The minimum absolute atomic E-state index is 0.00541. The molecule has 0 bridgehead atoms. The van der Waals surface area contributed by atoms with E-state index in [9.17, 15) is 9.59 Å². The Morgan fingerprint density at radius 2 is 1.81 bits per heavy atom. The summed E-state index contributed by atoms with van der Waals surface area (Å²) in [7, 11) is 1.44. The van der Waals surface area contributed by atoms with E-state index in [1.165, 1.54) is 25.3 Å². The van der Waals surface area contributed by atoms with E-state index in [4.69, 9.17) is 26.8 Å². The third kappa shape index (κ3) is 5.41. The van der Waals surface area contributed by atoms with Crippen molar-refractivity contribution in [1.82, 2.24) is 5.32 Å². The number of carboxylic acid groups (broad SMARTS) is 1. The number of nitrogens with one attached hydrogen (secondary N) is 2. The summed E-state index contributed by atoms with van der Waals surface area (Å²) in [5.41, 5.74) is 0.763. The lowest BCUT2D eigenvalue weighted by Gasteiger charge is -2.14. The normalized spacial score (nSPS) is 10.0. The van der Waals surface area contributed by atoms with Crippen molar-refractivity contribution < 1.29 is 24.2 Å². The Kier molecular flexibility index (Phi) is 7.14. The molecule has 0 radical (unpaired) electrons. The number of ether oxygens (including phenoxy) is 2. The first-order valence-electron chi connectivity index (χ1n) is 7.81. The summed E-state index contributed by atoms with van der Waals surface area (Å²) < 4.78 is 11.2. The predicted molar refractivity (Wildman–Crippen MR) is 109 cm³/mol. The third-order valence-electron chi connectivity index (χ3n) is 3.42. The number of carboxylic acids is 1. The van der Waals surface area contributed by atoms with E-state index < -0.39 is 11.9 Å². The van der Waals surface area contributed by atoms with E-state index in [1.54, 1.807) is 18.2 Å². The van der Waals surface area contributed by atoms with Crippen molar-refractivity contribution in [3.05, 3.63) is 52.0 Å². The summed E-state index contributed by atoms with van der Waals surface area (Å²) in [6.07, 6.45) is 0. The Hall–Kier alpha value is -2.65. The second-order valence-electron chi connectivity index (χ2n) is 5.21. The SMILES string of the molecule is CCOc1ccc(C(=O)NC(=S)Nc2cc(C(=O)O)ccc2OC)cc1Br. The molecule has 27 heavy (non-hydrogen) atoms. The van der Waals surface area contributed by atoms with Crippen molar-refractivity contribution in [3.8, 4) is 11.5 Å². The molecule has 142 valence electrons. The second kappa shape index (κ2) is 9.33. The largest absolute Gasteiger partial charge is 0.495 e. The van der Waals surface area contributed by atoms with Gasteiger partial charge in [-0.05, 0) is 71.5 Å². The summed E-state index contributed by atoms with van der Waals surface area (Å²) >= 11 is 8.50. The molecule has 1 amide bonds. The van der Waals surface area contributed by atoms with Gasteiger partial charge in [0.15, 0.2) is 5.11 Å². The Balaban J connectivity index is 2.11. The number of anilines is 1. The number of hydrogen-bond acceptors (Lipinski definition) is 5. The van der Waals surface area contributed by atoms with Crippen LogP contribution in [0.25, 0.3) is 0 Å². The average Bonchev–Trinajstić information content (AvgIpc) is 2.63. The molecule has 0 aliphatic heterocycles. The van der Waals surface area contributed by atoms with Crippen LogP contribution in [0.2, 0.25) is 0 Å². The zero-order chi connectivity index (χ0) is 20.0. The summed E-state index contributed by atoms with van der Waals surface area (Å²) in [4.78, 5) is 23.5. The standard InChI is InChI=1S/C18H17BrN2O5S/c1-3-26-14-6-4-10(8-12(14)19)16(22)21-18(27)20-13-9-11(17(23)24)5-7-15(13)25-2/h4-9H,3H2,1-2H3,(H,23,24)(H2,20,21,22,27). The number of carbonyl (C=O) groups excluding carboxylic acids is 1. The number of benzene rings is 2. The van der Waals surface area contributed by atoms with Crippen molar-refractivity contribution in [1.29, 1.82) is 0 Å². The maximum absolute atomic E-state index is 12.4. The van der Waals surface area contributed by atoms with Crippen LogP contribution in [0.15, 0.2) is 40.9 Å². The first-order chi connectivity index (χ1) is 12.8. The number of carbonyl (C=O) groups is 2. The maximum atomic E-state index is 12.4. The smallest absolute Gasteiger partial charge is 0.335 e. The predicted octanol–water partition coefficient (Wildman–Crippen LogP) is 3.68. The molecule has 0 unspecified atom stereocenters. The highest BCUT2D eigenvalue weighted by Crippen LogP contribution is 2.27. The van der Waals surface area contributed by atoms with Crippen molar-refractivity contribution in [3.63, 3.8) is 0 Å². The Morgan fingerprint density at radius 1 is 1.15 bits per heavy atom. The minimum Gasteiger partial charge on any atom is -0.495 e. The zero-order valence-electron chi connectivity index (χ0n) is 14.5. The molecule has 0 saturated heterocycles. The van der Waals surface area contributed by atoms with Crippen LogP contribution in [0.5, 0.6) is 11.5 Å². The van der Waals surface area contributed by atoms with Gasteiger partial charge in [0.2, 0.25) is 0 Å². The van der Waals surface area contributed by atoms with Gasteiger partial charge in [0.25, 0.3) is 5.91 Å². The number of amides is 1. The van der Waals surface area contributed by atoms with Gasteiger partial charge in [-0.1, -0.05) is 0 Å². The van der Waals surface area contributed by atoms with Gasteiger partial charge in [0, 0.05) is 5.56 Å². The quantitative estimate of drug-likeness (QED) is 0.575. The minimum atomic E-state index is -1.09.